The molecule has 1 aliphatic carbocycles. The van der Waals surface area contributed by atoms with Crippen molar-refractivity contribution in [2.24, 2.45) is 5.92 Å². The van der Waals surface area contributed by atoms with Gasteiger partial charge in [-0.1, -0.05) is 35.2 Å². The van der Waals surface area contributed by atoms with Gasteiger partial charge in [0.15, 0.2) is 0 Å². The number of alkyl halides is 1. The van der Waals surface area contributed by atoms with Crippen molar-refractivity contribution >= 4 is 26.0 Å². The predicted molar refractivity (Wildman–Crippen MR) is 76.0 cm³/mol. The molecule has 1 rings (SSSR count). The first-order valence-corrected chi connectivity index (χ1v) is 9.05. The minimum Gasteiger partial charge on any atom is -0.212 e. The normalized spacial score (nSPS) is 19.8. The molecule has 0 aromatic carbocycles. The van der Waals surface area contributed by atoms with Crippen LogP contribution in [-0.2, 0) is 10.0 Å². The highest BCUT2D eigenvalue weighted by Crippen LogP contribution is 2.27. The molecule has 0 unspecified atom stereocenters. The highest BCUT2D eigenvalue weighted by molar-refractivity contribution is 9.09. The second kappa shape index (κ2) is 6.02. The van der Waals surface area contributed by atoms with E-state index in [1.54, 1.807) is 7.05 Å². The van der Waals surface area contributed by atoms with E-state index in [0.717, 1.165) is 12.8 Å². The first kappa shape index (κ1) is 15.4. The predicted octanol–water partition coefficient (Wildman–Crippen LogP) is 3.00. The fourth-order valence-corrected chi connectivity index (χ4v) is 4.74. The molecule has 0 aromatic rings. The van der Waals surface area contributed by atoms with Crippen LogP contribution in [0.4, 0.5) is 0 Å². The van der Waals surface area contributed by atoms with Gasteiger partial charge in [-0.2, -0.15) is 4.31 Å². The number of halogens is 1. The van der Waals surface area contributed by atoms with E-state index in [0.29, 0.717) is 17.0 Å². The number of nitrogens with zero attached hydrogens (tertiary/aromatic N) is 1. The monoisotopic (exact) mass is 325 g/mol. The molecule has 5 heteroatoms. The SMILES string of the molecule is CN(C(C)(C)CBr)S(=O)(=O)CC1CCCCC1. The molecule has 1 aliphatic rings. The fourth-order valence-electron chi connectivity index (χ4n) is 2.22. The second-order valence-corrected chi connectivity index (χ2v) is 8.30. The zero-order valence-corrected chi connectivity index (χ0v) is 13.5. The van der Waals surface area contributed by atoms with E-state index in [1.165, 1.54) is 23.6 Å². The van der Waals surface area contributed by atoms with E-state index in [9.17, 15) is 8.42 Å². The number of hydrogen-bond donors (Lipinski definition) is 0. The Morgan fingerprint density at radius 1 is 1.24 bits per heavy atom. The molecule has 0 spiro atoms. The summed E-state index contributed by atoms with van der Waals surface area (Å²) in [4.78, 5) is 0. The van der Waals surface area contributed by atoms with E-state index >= 15 is 0 Å². The minimum absolute atomic E-state index is 0.319. The van der Waals surface area contributed by atoms with Gasteiger partial charge < -0.3 is 0 Å². The Bertz CT molecular complexity index is 334. The molecule has 1 fully saturated rings. The van der Waals surface area contributed by atoms with E-state index < -0.39 is 10.0 Å². The summed E-state index contributed by atoms with van der Waals surface area (Å²) in [6, 6.07) is 0. The third-order valence-electron chi connectivity index (χ3n) is 3.77. The second-order valence-electron chi connectivity index (χ2n) is 5.70. The molecule has 0 heterocycles. The van der Waals surface area contributed by atoms with Crippen LogP contribution in [0.1, 0.15) is 46.0 Å². The smallest absolute Gasteiger partial charge is 0.212 e. The van der Waals surface area contributed by atoms with Crippen molar-refractivity contribution in [1.29, 1.82) is 0 Å². The van der Waals surface area contributed by atoms with Crippen LogP contribution >= 0.6 is 15.9 Å². The summed E-state index contributed by atoms with van der Waals surface area (Å²) < 4.78 is 26.1. The van der Waals surface area contributed by atoms with Crippen molar-refractivity contribution < 1.29 is 8.42 Å². The summed E-state index contributed by atoms with van der Waals surface area (Å²) in [6.07, 6.45) is 5.78. The lowest BCUT2D eigenvalue weighted by molar-refractivity contribution is 0.293. The van der Waals surface area contributed by atoms with Crippen molar-refractivity contribution in [3.05, 3.63) is 0 Å². The van der Waals surface area contributed by atoms with E-state index in [4.69, 9.17) is 0 Å². The van der Waals surface area contributed by atoms with Crippen LogP contribution in [0.3, 0.4) is 0 Å². The zero-order chi connectivity index (χ0) is 13.1. The van der Waals surface area contributed by atoms with Crippen LogP contribution in [0.15, 0.2) is 0 Å². The van der Waals surface area contributed by atoms with Gasteiger partial charge in [0, 0.05) is 17.9 Å². The van der Waals surface area contributed by atoms with Gasteiger partial charge in [0.1, 0.15) is 0 Å². The molecule has 0 aromatic heterocycles. The Morgan fingerprint density at radius 3 is 2.24 bits per heavy atom. The van der Waals surface area contributed by atoms with Gasteiger partial charge in [-0.3, -0.25) is 0 Å². The zero-order valence-electron chi connectivity index (χ0n) is 11.1. The van der Waals surface area contributed by atoms with Crippen LogP contribution in [0.5, 0.6) is 0 Å². The van der Waals surface area contributed by atoms with Gasteiger partial charge in [-0.05, 0) is 32.6 Å². The summed E-state index contributed by atoms with van der Waals surface area (Å²) in [7, 11) is -1.43. The lowest BCUT2D eigenvalue weighted by atomic mass is 9.91. The third kappa shape index (κ3) is 4.21. The molecule has 0 saturated heterocycles. The molecule has 1 saturated carbocycles. The molecule has 17 heavy (non-hydrogen) atoms. The Morgan fingerprint density at radius 2 is 1.76 bits per heavy atom. The van der Waals surface area contributed by atoms with Gasteiger partial charge in [0.05, 0.1) is 5.75 Å². The lowest BCUT2D eigenvalue weighted by Gasteiger charge is -2.34. The van der Waals surface area contributed by atoms with Crippen molar-refractivity contribution in [2.75, 3.05) is 18.1 Å². The van der Waals surface area contributed by atoms with Crippen LogP contribution in [0.25, 0.3) is 0 Å². The molecule has 0 radical (unpaired) electrons. The maximum atomic E-state index is 12.3. The summed E-state index contributed by atoms with van der Waals surface area (Å²) >= 11 is 3.38. The van der Waals surface area contributed by atoms with E-state index in [2.05, 4.69) is 15.9 Å². The van der Waals surface area contributed by atoms with Crippen LogP contribution in [0, 0.1) is 5.92 Å². The molecule has 102 valence electrons. The van der Waals surface area contributed by atoms with Gasteiger partial charge in [-0.15, -0.1) is 0 Å². The third-order valence-corrected chi connectivity index (χ3v) is 7.36. The number of hydrogen-bond acceptors (Lipinski definition) is 2. The van der Waals surface area contributed by atoms with E-state index in [-0.39, 0.29) is 5.54 Å². The van der Waals surface area contributed by atoms with Crippen molar-refractivity contribution in [3.8, 4) is 0 Å². The Labute approximate surface area is 114 Å². The Hall–Kier alpha value is 0.390. The van der Waals surface area contributed by atoms with Crippen LogP contribution < -0.4 is 0 Å². The molecule has 3 nitrogen and oxygen atoms in total. The molecular weight excluding hydrogens is 302 g/mol. The largest absolute Gasteiger partial charge is 0.214 e. The van der Waals surface area contributed by atoms with Crippen LogP contribution in [-0.4, -0.2) is 36.4 Å². The lowest BCUT2D eigenvalue weighted by Crippen LogP contribution is -2.48. The average Bonchev–Trinajstić information content (AvgIpc) is 2.28. The molecule has 0 aliphatic heterocycles. The maximum Gasteiger partial charge on any atom is 0.214 e. The number of rotatable bonds is 5. The fraction of sp³-hybridized carbons (Fsp3) is 1.00. The molecule has 0 amide bonds. The van der Waals surface area contributed by atoms with Crippen LogP contribution in [0.2, 0.25) is 0 Å². The summed E-state index contributed by atoms with van der Waals surface area (Å²) in [5, 5.41) is 0.653. The first-order chi connectivity index (χ1) is 7.79. The van der Waals surface area contributed by atoms with E-state index in [1.807, 2.05) is 13.8 Å². The van der Waals surface area contributed by atoms with Gasteiger partial charge in [-0.25, -0.2) is 8.42 Å². The highest BCUT2D eigenvalue weighted by atomic mass is 79.9. The van der Waals surface area contributed by atoms with Crippen molar-refractivity contribution in [2.45, 2.75) is 51.5 Å². The quantitative estimate of drug-likeness (QED) is 0.728. The maximum absolute atomic E-state index is 12.3. The molecular formula is C12H24BrNO2S. The first-order valence-electron chi connectivity index (χ1n) is 6.32. The van der Waals surface area contributed by atoms with Gasteiger partial charge in [0.2, 0.25) is 10.0 Å². The Balaban J connectivity index is 2.67. The standard InChI is InChI=1S/C12H24BrNO2S/c1-12(2,10-13)14(3)17(15,16)9-11-7-5-4-6-8-11/h11H,4-10H2,1-3H3. The average molecular weight is 326 g/mol. The van der Waals surface area contributed by atoms with Gasteiger partial charge in [0.25, 0.3) is 0 Å². The highest BCUT2D eigenvalue weighted by Gasteiger charge is 2.33. The molecule has 0 atom stereocenters. The molecule has 0 N–H and O–H groups in total. The molecule has 0 bridgehead atoms. The summed E-state index contributed by atoms with van der Waals surface area (Å²) in [6.45, 7) is 3.89. The number of sulfonamides is 1. The summed E-state index contributed by atoms with van der Waals surface area (Å²) in [5.41, 5.74) is -0.354. The minimum atomic E-state index is -3.13. The van der Waals surface area contributed by atoms with Crippen molar-refractivity contribution in [3.63, 3.8) is 0 Å². The van der Waals surface area contributed by atoms with Crippen molar-refractivity contribution in [1.82, 2.24) is 4.31 Å². The Kier molecular flexibility index (Phi) is 5.47. The van der Waals surface area contributed by atoms with Gasteiger partial charge >= 0.3 is 0 Å². The topological polar surface area (TPSA) is 37.4 Å². The summed E-state index contributed by atoms with van der Waals surface area (Å²) in [5.74, 6) is 0.683.